The molecule has 0 radical (unpaired) electrons. The Balaban J connectivity index is 3.21. The standard InChI is InChI=1S/C12H13NO/c1-8-4-11(7-13)6-12(10(8)3)5-9(2)14/h4,6H,5H2,1-3H3. The molecule has 2 heteroatoms. The minimum atomic E-state index is 0.127. The third-order valence-corrected chi connectivity index (χ3v) is 2.34. The van der Waals surface area contributed by atoms with Gasteiger partial charge in [0, 0.05) is 6.42 Å². The van der Waals surface area contributed by atoms with E-state index in [1.54, 1.807) is 13.0 Å². The summed E-state index contributed by atoms with van der Waals surface area (Å²) in [5.41, 5.74) is 3.78. The Morgan fingerprint density at radius 1 is 1.43 bits per heavy atom. The van der Waals surface area contributed by atoms with Crippen LogP contribution >= 0.6 is 0 Å². The second kappa shape index (κ2) is 4.06. The fourth-order valence-corrected chi connectivity index (χ4v) is 1.45. The third-order valence-electron chi connectivity index (χ3n) is 2.34. The first kappa shape index (κ1) is 10.5. The fraction of sp³-hybridized carbons (Fsp3) is 0.333. The molecule has 0 atom stereocenters. The van der Waals surface area contributed by atoms with Gasteiger partial charge in [0.1, 0.15) is 5.78 Å². The Morgan fingerprint density at radius 2 is 2.07 bits per heavy atom. The quantitative estimate of drug-likeness (QED) is 0.712. The molecule has 0 fully saturated rings. The van der Waals surface area contributed by atoms with Gasteiger partial charge in [-0.1, -0.05) is 0 Å². The molecule has 0 saturated carbocycles. The summed E-state index contributed by atoms with van der Waals surface area (Å²) in [6.45, 7) is 5.50. The van der Waals surface area contributed by atoms with Crippen molar-refractivity contribution in [3.63, 3.8) is 0 Å². The molecule has 1 aromatic rings. The van der Waals surface area contributed by atoms with Crippen molar-refractivity contribution in [2.24, 2.45) is 0 Å². The van der Waals surface area contributed by atoms with Crippen molar-refractivity contribution >= 4 is 5.78 Å². The zero-order valence-corrected chi connectivity index (χ0v) is 8.72. The number of Topliss-reactive ketones (excluding diaryl/α,β-unsaturated/α-hetero) is 1. The summed E-state index contributed by atoms with van der Waals surface area (Å²) in [5.74, 6) is 0.127. The molecule has 0 bridgehead atoms. The van der Waals surface area contributed by atoms with Crippen molar-refractivity contribution in [2.45, 2.75) is 27.2 Å². The van der Waals surface area contributed by atoms with Crippen LogP contribution in [0.1, 0.15) is 29.2 Å². The highest BCUT2D eigenvalue weighted by atomic mass is 16.1. The second-order valence-corrected chi connectivity index (χ2v) is 3.57. The number of rotatable bonds is 2. The summed E-state index contributed by atoms with van der Waals surface area (Å²) in [6, 6.07) is 5.74. The largest absolute Gasteiger partial charge is 0.300 e. The highest BCUT2D eigenvalue weighted by Crippen LogP contribution is 2.16. The fourth-order valence-electron chi connectivity index (χ4n) is 1.45. The lowest BCUT2D eigenvalue weighted by Gasteiger charge is -2.07. The minimum absolute atomic E-state index is 0.127. The number of nitrogens with zero attached hydrogens (tertiary/aromatic N) is 1. The first-order chi connectivity index (χ1) is 6.54. The van der Waals surface area contributed by atoms with Gasteiger partial charge in [0.2, 0.25) is 0 Å². The Kier molecular flexibility index (Phi) is 3.03. The molecule has 0 aromatic heterocycles. The highest BCUT2D eigenvalue weighted by Gasteiger charge is 2.06. The summed E-state index contributed by atoms with van der Waals surface area (Å²) in [6.07, 6.45) is 0.419. The lowest BCUT2D eigenvalue weighted by Crippen LogP contribution is -2.01. The van der Waals surface area contributed by atoms with Gasteiger partial charge in [0.15, 0.2) is 0 Å². The molecular formula is C12H13NO. The number of carbonyl (C=O) groups is 1. The van der Waals surface area contributed by atoms with E-state index in [2.05, 4.69) is 6.07 Å². The van der Waals surface area contributed by atoms with Crippen molar-refractivity contribution < 1.29 is 4.79 Å². The topological polar surface area (TPSA) is 40.9 Å². The van der Waals surface area contributed by atoms with Crippen molar-refractivity contribution in [2.75, 3.05) is 0 Å². The molecule has 0 saturated heterocycles. The first-order valence-corrected chi connectivity index (χ1v) is 4.54. The molecule has 0 aliphatic heterocycles. The van der Waals surface area contributed by atoms with Crippen LogP contribution < -0.4 is 0 Å². The van der Waals surface area contributed by atoms with Crippen LogP contribution in [0.4, 0.5) is 0 Å². The van der Waals surface area contributed by atoms with Crippen LogP contribution in [0.25, 0.3) is 0 Å². The predicted molar refractivity (Wildman–Crippen MR) is 55.0 cm³/mol. The number of ketones is 1. The molecule has 0 heterocycles. The van der Waals surface area contributed by atoms with E-state index in [9.17, 15) is 4.79 Å². The number of aryl methyl sites for hydroxylation is 1. The normalized spacial score (nSPS) is 9.57. The average Bonchev–Trinajstić information content (AvgIpc) is 2.11. The van der Waals surface area contributed by atoms with Gasteiger partial charge < -0.3 is 0 Å². The molecule has 2 nitrogen and oxygen atoms in total. The second-order valence-electron chi connectivity index (χ2n) is 3.57. The summed E-state index contributed by atoms with van der Waals surface area (Å²) in [5, 5.41) is 8.78. The van der Waals surface area contributed by atoms with Crippen molar-refractivity contribution in [3.05, 3.63) is 34.4 Å². The monoisotopic (exact) mass is 187 g/mol. The van der Waals surface area contributed by atoms with E-state index < -0.39 is 0 Å². The SMILES string of the molecule is CC(=O)Cc1cc(C#N)cc(C)c1C. The van der Waals surface area contributed by atoms with Gasteiger partial charge in [0.25, 0.3) is 0 Å². The Hall–Kier alpha value is -1.62. The first-order valence-electron chi connectivity index (χ1n) is 4.54. The van der Waals surface area contributed by atoms with Crippen LogP contribution in [0, 0.1) is 25.2 Å². The predicted octanol–water partition coefficient (Wildman–Crippen LogP) is 2.31. The van der Waals surface area contributed by atoms with Gasteiger partial charge in [-0.2, -0.15) is 5.26 Å². The molecular weight excluding hydrogens is 174 g/mol. The lowest BCUT2D eigenvalue weighted by atomic mass is 9.97. The minimum Gasteiger partial charge on any atom is -0.300 e. The number of carbonyl (C=O) groups excluding carboxylic acids is 1. The highest BCUT2D eigenvalue weighted by molar-refractivity contribution is 5.78. The maximum absolute atomic E-state index is 11.0. The van der Waals surface area contributed by atoms with Crippen molar-refractivity contribution in [1.29, 1.82) is 5.26 Å². The van der Waals surface area contributed by atoms with Gasteiger partial charge >= 0.3 is 0 Å². The Bertz CT molecular complexity index is 413. The van der Waals surface area contributed by atoms with Crippen LogP contribution in [0.3, 0.4) is 0 Å². The molecule has 1 rings (SSSR count). The summed E-state index contributed by atoms with van der Waals surface area (Å²) in [7, 11) is 0. The van der Waals surface area contributed by atoms with Gasteiger partial charge in [-0.15, -0.1) is 0 Å². The van der Waals surface area contributed by atoms with Crippen LogP contribution in [-0.4, -0.2) is 5.78 Å². The molecule has 0 aliphatic carbocycles. The van der Waals surface area contributed by atoms with Gasteiger partial charge in [-0.05, 0) is 49.6 Å². The third kappa shape index (κ3) is 2.20. The van der Waals surface area contributed by atoms with Crippen molar-refractivity contribution in [3.8, 4) is 6.07 Å². The van der Waals surface area contributed by atoms with Gasteiger partial charge in [-0.25, -0.2) is 0 Å². The molecule has 72 valence electrons. The van der Waals surface area contributed by atoms with E-state index in [-0.39, 0.29) is 5.78 Å². The summed E-state index contributed by atoms with van der Waals surface area (Å²) in [4.78, 5) is 11.0. The van der Waals surface area contributed by atoms with E-state index in [0.717, 1.165) is 16.7 Å². The van der Waals surface area contributed by atoms with Crippen LogP contribution in [0.5, 0.6) is 0 Å². The number of benzene rings is 1. The molecule has 1 aromatic carbocycles. The average molecular weight is 187 g/mol. The molecule has 0 spiro atoms. The Morgan fingerprint density at radius 3 is 2.57 bits per heavy atom. The van der Waals surface area contributed by atoms with Gasteiger partial charge in [0.05, 0.1) is 11.6 Å². The molecule has 14 heavy (non-hydrogen) atoms. The van der Waals surface area contributed by atoms with E-state index in [1.807, 2.05) is 19.9 Å². The summed E-state index contributed by atoms with van der Waals surface area (Å²) < 4.78 is 0. The van der Waals surface area contributed by atoms with E-state index in [1.165, 1.54) is 0 Å². The van der Waals surface area contributed by atoms with E-state index >= 15 is 0 Å². The maximum atomic E-state index is 11.0. The molecule has 0 unspecified atom stereocenters. The number of hydrogen-bond donors (Lipinski definition) is 0. The lowest BCUT2D eigenvalue weighted by molar-refractivity contribution is -0.116. The molecule has 0 amide bonds. The molecule has 0 N–H and O–H groups in total. The van der Waals surface area contributed by atoms with Crippen LogP contribution in [0.15, 0.2) is 12.1 Å². The zero-order chi connectivity index (χ0) is 10.7. The Labute approximate surface area is 84.2 Å². The number of nitriles is 1. The van der Waals surface area contributed by atoms with Crippen LogP contribution in [-0.2, 0) is 11.2 Å². The van der Waals surface area contributed by atoms with Crippen LogP contribution in [0.2, 0.25) is 0 Å². The van der Waals surface area contributed by atoms with Crippen molar-refractivity contribution in [1.82, 2.24) is 0 Å². The van der Waals surface area contributed by atoms with E-state index in [0.29, 0.717) is 12.0 Å². The maximum Gasteiger partial charge on any atom is 0.134 e. The zero-order valence-electron chi connectivity index (χ0n) is 8.72. The van der Waals surface area contributed by atoms with Gasteiger partial charge in [-0.3, -0.25) is 4.79 Å². The smallest absolute Gasteiger partial charge is 0.134 e. The van der Waals surface area contributed by atoms with E-state index in [4.69, 9.17) is 5.26 Å². The summed E-state index contributed by atoms with van der Waals surface area (Å²) >= 11 is 0. The number of hydrogen-bond acceptors (Lipinski definition) is 2. The molecule has 0 aliphatic rings.